The van der Waals surface area contributed by atoms with E-state index in [0.717, 1.165) is 10.9 Å². The second kappa shape index (κ2) is 6.17. The predicted octanol–water partition coefficient (Wildman–Crippen LogP) is 1.56. The monoisotopic (exact) mass is 309 g/mol. The van der Waals surface area contributed by atoms with Gasteiger partial charge in [0.25, 0.3) is 0 Å². The summed E-state index contributed by atoms with van der Waals surface area (Å²) in [5.74, 6) is 0.350. The first-order valence-electron chi connectivity index (χ1n) is 6.74. The van der Waals surface area contributed by atoms with Crippen molar-refractivity contribution in [3.63, 3.8) is 0 Å². The van der Waals surface area contributed by atoms with Crippen molar-refractivity contribution in [2.75, 3.05) is 11.5 Å². The number of benzene rings is 1. The second-order valence-electron chi connectivity index (χ2n) is 4.92. The number of rotatable bonds is 6. The zero-order valence-electron chi connectivity index (χ0n) is 11.9. The van der Waals surface area contributed by atoms with Crippen LogP contribution in [-0.4, -0.2) is 35.5 Å². The number of fused-ring (bicyclic) bond motifs is 1. The zero-order chi connectivity index (χ0) is 15.5. The summed E-state index contributed by atoms with van der Waals surface area (Å²) in [5, 5.41) is 12.7. The van der Waals surface area contributed by atoms with E-state index in [2.05, 4.69) is 5.16 Å². The molecule has 6 nitrogen and oxygen atoms in total. The molecule has 0 aliphatic carbocycles. The Morgan fingerprint density at radius 3 is 2.76 bits per heavy atom. The fraction of sp³-hybridized carbons (Fsp3) is 0.357. The van der Waals surface area contributed by atoms with E-state index in [1.807, 2.05) is 29.8 Å². The highest BCUT2D eigenvalue weighted by atomic mass is 32.2. The van der Waals surface area contributed by atoms with Gasteiger partial charge in [-0.1, -0.05) is 24.2 Å². The summed E-state index contributed by atoms with van der Waals surface area (Å²) in [6.07, 6.45) is 2.48. The number of hydrogen-bond donors (Lipinski definition) is 2. The van der Waals surface area contributed by atoms with Gasteiger partial charge >= 0.3 is 0 Å². The van der Waals surface area contributed by atoms with Gasteiger partial charge in [-0.15, -0.1) is 0 Å². The summed E-state index contributed by atoms with van der Waals surface area (Å²) in [6.45, 7) is 2.25. The van der Waals surface area contributed by atoms with Crippen molar-refractivity contribution in [1.29, 1.82) is 0 Å². The SMILES string of the molecule is CCCS(=O)(=O)CCn1ccc2ccc(/C(N)=N/O)cc21. The lowest BCUT2D eigenvalue weighted by Crippen LogP contribution is -2.16. The Balaban J connectivity index is 2.28. The lowest BCUT2D eigenvalue weighted by atomic mass is 10.1. The standard InChI is InChI=1S/C14H19N3O3S/c1-2-8-21(19,20)9-7-17-6-5-11-3-4-12(10-13(11)17)14(15)16-18/h3-6,10,18H,2,7-9H2,1H3,(H2,15,16). The molecule has 0 saturated carbocycles. The van der Waals surface area contributed by atoms with E-state index in [1.165, 1.54) is 0 Å². The minimum Gasteiger partial charge on any atom is -0.409 e. The molecule has 0 unspecified atom stereocenters. The molecule has 0 radical (unpaired) electrons. The number of amidine groups is 1. The molecule has 0 bridgehead atoms. The fourth-order valence-corrected chi connectivity index (χ4v) is 3.55. The quantitative estimate of drug-likeness (QED) is 0.366. The van der Waals surface area contributed by atoms with Gasteiger partial charge in [0.1, 0.15) is 0 Å². The summed E-state index contributed by atoms with van der Waals surface area (Å²) >= 11 is 0. The van der Waals surface area contributed by atoms with Crippen LogP contribution in [0.5, 0.6) is 0 Å². The maximum atomic E-state index is 11.8. The van der Waals surface area contributed by atoms with Crippen molar-refractivity contribution in [2.24, 2.45) is 10.9 Å². The Morgan fingerprint density at radius 1 is 1.33 bits per heavy atom. The molecule has 0 spiro atoms. The molecule has 3 N–H and O–H groups in total. The maximum absolute atomic E-state index is 11.8. The van der Waals surface area contributed by atoms with Gasteiger partial charge in [0.15, 0.2) is 15.7 Å². The number of sulfone groups is 1. The van der Waals surface area contributed by atoms with Crippen LogP contribution in [0.2, 0.25) is 0 Å². The van der Waals surface area contributed by atoms with Crippen LogP contribution in [-0.2, 0) is 16.4 Å². The van der Waals surface area contributed by atoms with E-state index < -0.39 is 9.84 Å². The molecule has 0 atom stereocenters. The summed E-state index contributed by atoms with van der Waals surface area (Å²) in [4.78, 5) is 0. The minimum atomic E-state index is -3.02. The van der Waals surface area contributed by atoms with Crippen LogP contribution in [0.15, 0.2) is 35.6 Å². The number of hydrogen-bond acceptors (Lipinski definition) is 4. The van der Waals surface area contributed by atoms with Crippen LogP contribution >= 0.6 is 0 Å². The van der Waals surface area contributed by atoms with E-state index in [-0.39, 0.29) is 17.3 Å². The van der Waals surface area contributed by atoms with Gasteiger partial charge in [-0.2, -0.15) is 0 Å². The average Bonchev–Trinajstić information content (AvgIpc) is 2.86. The molecule has 0 fully saturated rings. The summed E-state index contributed by atoms with van der Waals surface area (Å²) in [6, 6.07) is 7.32. The third-order valence-corrected chi connectivity index (χ3v) is 5.17. The van der Waals surface area contributed by atoms with Crippen LogP contribution in [0, 0.1) is 0 Å². The highest BCUT2D eigenvalue weighted by Gasteiger charge is 2.11. The van der Waals surface area contributed by atoms with E-state index in [0.29, 0.717) is 18.5 Å². The van der Waals surface area contributed by atoms with Gasteiger partial charge in [-0.25, -0.2) is 8.42 Å². The van der Waals surface area contributed by atoms with Crippen molar-refractivity contribution in [2.45, 2.75) is 19.9 Å². The van der Waals surface area contributed by atoms with Crippen LogP contribution in [0.4, 0.5) is 0 Å². The van der Waals surface area contributed by atoms with Crippen molar-refractivity contribution in [1.82, 2.24) is 4.57 Å². The Bertz CT molecular complexity index is 763. The van der Waals surface area contributed by atoms with E-state index in [9.17, 15) is 8.42 Å². The number of nitrogens with two attached hydrogens (primary N) is 1. The number of oxime groups is 1. The Hall–Kier alpha value is -2.02. The molecule has 0 saturated heterocycles. The predicted molar refractivity (Wildman–Crippen MR) is 83.4 cm³/mol. The molecule has 2 rings (SSSR count). The first-order valence-corrected chi connectivity index (χ1v) is 8.56. The molecule has 7 heteroatoms. The van der Waals surface area contributed by atoms with E-state index in [1.54, 1.807) is 12.1 Å². The molecule has 21 heavy (non-hydrogen) atoms. The summed E-state index contributed by atoms with van der Waals surface area (Å²) < 4.78 is 25.5. The molecule has 1 aromatic heterocycles. The third kappa shape index (κ3) is 3.55. The van der Waals surface area contributed by atoms with Crippen LogP contribution in [0.25, 0.3) is 10.9 Å². The average molecular weight is 309 g/mol. The number of aromatic nitrogens is 1. The Morgan fingerprint density at radius 2 is 2.10 bits per heavy atom. The lowest BCUT2D eigenvalue weighted by Gasteiger charge is -2.07. The topological polar surface area (TPSA) is 97.7 Å². The summed E-state index contributed by atoms with van der Waals surface area (Å²) in [5.41, 5.74) is 7.05. The van der Waals surface area contributed by atoms with E-state index >= 15 is 0 Å². The Labute approximate surface area is 123 Å². The van der Waals surface area contributed by atoms with Gasteiger partial charge in [-0.05, 0) is 23.9 Å². The molecule has 0 amide bonds. The third-order valence-electron chi connectivity index (χ3n) is 3.34. The molecule has 2 aromatic rings. The summed E-state index contributed by atoms with van der Waals surface area (Å²) in [7, 11) is -3.02. The van der Waals surface area contributed by atoms with Gasteiger partial charge in [0, 0.05) is 29.6 Å². The van der Waals surface area contributed by atoms with Crippen molar-refractivity contribution in [3.8, 4) is 0 Å². The normalized spacial score (nSPS) is 12.9. The van der Waals surface area contributed by atoms with Gasteiger partial charge in [-0.3, -0.25) is 0 Å². The molecular formula is C14H19N3O3S. The van der Waals surface area contributed by atoms with E-state index in [4.69, 9.17) is 10.9 Å². The largest absolute Gasteiger partial charge is 0.409 e. The number of nitrogens with zero attached hydrogens (tertiary/aromatic N) is 2. The number of aryl methyl sites for hydroxylation is 1. The van der Waals surface area contributed by atoms with Crippen molar-refractivity contribution in [3.05, 3.63) is 36.0 Å². The van der Waals surface area contributed by atoms with Gasteiger partial charge < -0.3 is 15.5 Å². The zero-order valence-corrected chi connectivity index (χ0v) is 12.7. The van der Waals surface area contributed by atoms with Gasteiger partial charge in [0.05, 0.1) is 5.75 Å². The molecule has 0 aliphatic heterocycles. The highest BCUT2D eigenvalue weighted by Crippen LogP contribution is 2.18. The first kappa shape index (κ1) is 15.4. The molecule has 0 aliphatic rings. The maximum Gasteiger partial charge on any atom is 0.170 e. The minimum absolute atomic E-state index is 0.0308. The first-order chi connectivity index (χ1) is 9.96. The van der Waals surface area contributed by atoms with Crippen LogP contribution in [0.3, 0.4) is 0 Å². The Kier molecular flexibility index (Phi) is 4.52. The molecule has 114 valence electrons. The molecular weight excluding hydrogens is 290 g/mol. The van der Waals surface area contributed by atoms with Crippen molar-refractivity contribution >= 4 is 26.6 Å². The van der Waals surface area contributed by atoms with Crippen LogP contribution in [0.1, 0.15) is 18.9 Å². The second-order valence-corrected chi connectivity index (χ2v) is 7.22. The smallest absolute Gasteiger partial charge is 0.170 e. The van der Waals surface area contributed by atoms with Gasteiger partial charge in [0.2, 0.25) is 0 Å². The lowest BCUT2D eigenvalue weighted by molar-refractivity contribution is 0.318. The molecule has 1 heterocycles. The van der Waals surface area contributed by atoms with Crippen LogP contribution < -0.4 is 5.73 Å². The fourth-order valence-electron chi connectivity index (χ4n) is 2.25. The highest BCUT2D eigenvalue weighted by molar-refractivity contribution is 7.91. The van der Waals surface area contributed by atoms with Crippen molar-refractivity contribution < 1.29 is 13.6 Å². The molecule has 1 aromatic carbocycles.